The van der Waals surface area contributed by atoms with Crippen molar-refractivity contribution in [3.05, 3.63) is 12.7 Å². The Labute approximate surface area is 110 Å². The summed E-state index contributed by atoms with van der Waals surface area (Å²) in [4.78, 5) is 0. The van der Waals surface area contributed by atoms with Gasteiger partial charge in [0.15, 0.2) is 0 Å². The smallest absolute Gasteiger partial charge is 0.214 e. The number of sulfonamides is 1. The van der Waals surface area contributed by atoms with Gasteiger partial charge in [0.2, 0.25) is 10.0 Å². The summed E-state index contributed by atoms with van der Waals surface area (Å²) in [7, 11) is -3.05. The fraction of sp³-hybridized carbons (Fsp3) is 0.846. The fourth-order valence-corrected chi connectivity index (χ4v) is 3.84. The lowest BCUT2D eigenvalue weighted by molar-refractivity contribution is 0.288. The standard InChI is InChI=1S/C13H24N2O2S/c1-2-3-10-18(16,17)15-8-6-13(7-9-15)14-11-12-4-5-12/h2,12-14H,1,3-11H2. The Balaban J connectivity index is 1.72. The predicted molar refractivity (Wildman–Crippen MR) is 73.9 cm³/mol. The first-order valence-electron chi connectivity index (χ1n) is 6.94. The van der Waals surface area contributed by atoms with Crippen molar-refractivity contribution in [1.82, 2.24) is 9.62 Å². The van der Waals surface area contributed by atoms with Gasteiger partial charge >= 0.3 is 0 Å². The van der Waals surface area contributed by atoms with Gasteiger partial charge in [-0.1, -0.05) is 6.08 Å². The van der Waals surface area contributed by atoms with Crippen molar-refractivity contribution in [3.63, 3.8) is 0 Å². The summed E-state index contributed by atoms with van der Waals surface area (Å²) in [5.41, 5.74) is 0. The highest BCUT2D eigenvalue weighted by Crippen LogP contribution is 2.28. The van der Waals surface area contributed by atoms with Gasteiger partial charge in [0.05, 0.1) is 5.75 Å². The molecule has 0 spiro atoms. The second kappa shape index (κ2) is 6.17. The average Bonchev–Trinajstić information content (AvgIpc) is 3.18. The van der Waals surface area contributed by atoms with Gasteiger partial charge in [-0.2, -0.15) is 0 Å². The molecule has 5 heteroatoms. The third-order valence-electron chi connectivity index (χ3n) is 3.82. The normalized spacial score (nSPS) is 23.1. The van der Waals surface area contributed by atoms with Crippen molar-refractivity contribution in [1.29, 1.82) is 0 Å². The molecule has 0 atom stereocenters. The minimum Gasteiger partial charge on any atom is -0.314 e. The van der Waals surface area contributed by atoms with E-state index < -0.39 is 10.0 Å². The maximum atomic E-state index is 12.0. The van der Waals surface area contributed by atoms with Crippen LogP contribution in [0, 0.1) is 5.92 Å². The third-order valence-corrected chi connectivity index (χ3v) is 5.72. The molecule has 104 valence electrons. The number of piperidine rings is 1. The van der Waals surface area contributed by atoms with Crippen molar-refractivity contribution in [2.24, 2.45) is 5.92 Å². The predicted octanol–water partition coefficient (Wildman–Crippen LogP) is 1.36. The third kappa shape index (κ3) is 4.07. The van der Waals surface area contributed by atoms with Crippen LogP contribution in [0.15, 0.2) is 12.7 Å². The molecule has 4 nitrogen and oxygen atoms in total. The van der Waals surface area contributed by atoms with Crippen LogP contribution in [0.3, 0.4) is 0 Å². The molecule has 0 unspecified atom stereocenters. The minimum absolute atomic E-state index is 0.205. The number of hydrogen-bond acceptors (Lipinski definition) is 3. The quantitative estimate of drug-likeness (QED) is 0.712. The van der Waals surface area contributed by atoms with Gasteiger partial charge in [0, 0.05) is 19.1 Å². The van der Waals surface area contributed by atoms with Gasteiger partial charge in [-0.25, -0.2) is 12.7 Å². The lowest BCUT2D eigenvalue weighted by Crippen LogP contribution is -2.45. The molecule has 2 rings (SSSR count). The molecular weight excluding hydrogens is 248 g/mol. The maximum absolute atomic E-state index is 12.0. The summed E-state index contributed by atoms with van der Waals surface area (Å²) in [5.74, 6) is 1.09. The van der Waals surface area contributed by atoms with Gasteiger partial charge in [-0.05, 0) is 44.6 Å². The van der Waals surface area contributed by atoms with Crippen LogP contribution in [0.25, 0.3) is 0 Å². The van der Waals surface area contributed by atoms with Crippen LogP contribution in [0.2, 0.25) is 0 Å². The van der Waals surface area contributed by atoms with Gasteiger partial charge in [-0.3, -0.25) is 0 Å². The van der Waals surface area contributed by atoms with E-state index in [1.165, 1.54) is 12.8 Å². The monoisotopic (exact) mass is 272 g/mol. The van der Waals surface area contributed by atoms with Crippen molar-refractivity contribution < 1.29 is 8.42 Å². The number of allylic oxidation sites excluding steroid dienone is 1. The fourth-order valence-electron chi connectivity index (χ4n) is 2.35. The lowest BCUT2D eigenvalue weighted by atomic mass is 10.1. The zero-order chi connectivity index (χ0) is 13.0. The molecule has 1 N–H and O–H groups in total. The van der Waals surface area contributed by atoms with Crippen molar-refractivity contribution in [2.75, 3.05) is 25.4 Å². The lowest BCUT2D eigenvalue weighted by Gasteiger charge is -2.31. The van der Waals surface area contributed by atoms with E-state index in [9.17, 15) is 8.42 Å². The molecule has 2 fully saturated rings. The van der Waals surface area contributed by atoms with E-state index in [0.29, 0.717) is 25.6 Å². The van der Waals surface area contributed by atoms with E-state index in [2.05, 4.69) is 11.9 Å². The summed E-state index contributed by atoms with van der Waals surface area (Å²) in [6.45, 7) is 6.03. The molecule has 1 saturated heterocycles. The topological polar surface area (TPSA) is 49.4 Å². The highest BCUT2D eigenvalue weighted by atomic mass is 32.2. The Hall–Kier alpha value is -0.390. The number of hydrogen-bond donors (Lipinski definition) is 1. The van der Waals surface area contributed by atoms with Crippen LogP contribution < -0.4 is 5.32 Å². The first-order chi connectivity index (χ1) is 8.62. The van der Waals surface area contributed by atoms with Crippen molar-refractivity contribution in [3.8, 4) is 0 Å². The van der Waals surface area contributed by atoms with E-state index >= 15 is 0 Å². The second-order valence-electron chi connectivity index (χ2n) is 5.42. The molecule has 0 amide bonds. The highest BCUT2D eigenvalue weighted by Gasteiger charge is 2.28. The Morgan fingerprint density at radius 3 is 2.44 bits per heavy atom. The Morgan fingerprint density at radius 1 is 1.22 bits per heavy atom. The molecule has 0 bridgehead atoms. The molecule has 1 saturated carbocycles. The second-order valence-corrected chi connectivity index (χ2v) is 7.51. The summed E-state index contributed by atoms with van der Waals surface area (Å²) in [6, 6.07) is 0.511. The summed E-state index contributed by atoms with van der Waals surface area (Å²) < 4.78 is 25.6. The van der Waals surface area contributed by atoms with E-state index in [0.717, 1.165) is 25.3 Å². The maximum Gasteiger partial charge on any atom is 0.214 e. The van der Waals surface area contributed by atoms with E-state index in [1.54, 1.807) is 10.4 Å². The molecule has 2 aliphatic rings. The van der Waals surface area contributed by atoms with Crippen LogP contribution in [0.1, 0.15) is 32.1 Å². The summed E-state index contributed by atoms with van der Waals surface area (Å²) in [5, 5.41) is 3.56. The van der Waals surface area contributed by atoms with Crippen molar-refractivity contribution in [2.45, 2.75) is 38.1 Å². The number of rotatable bonds is 7. The molecule has 0 radical (unpaired) electrons. The Kier molecular flexibility index (Phi) is 4.81. The largest absolute Gasteiger partial charge is 0.314 e. The molecule has 1 aliphatic carbocycles. The van der Waals surface area contributed by atoms with Crippen LogP contribution in [-0.2, 0) is 10.0 Å². The molecule has 18 heavy (non-hydrogen) atoms. The van der Waals surface area contributed by atoms with Gasteiger partial charge < -0.3 is 5.32 Å². The molecule has 0 aromatic heterocycles. The number of nitrogens with one attached hydrogen (secondary N) is 1. The van der Waals surface area contributed by atoms with E-state index in [4.69, 9.17) is 0 Å². The average molecular weight is 272 g/mol. The van der Waals surface area contributed by atoms with Crippen LogP contribution in [-0.4, -0.2) is 44.2 Å². The van der Waals surface area contributed by atoms with Gasteiger partial charge in [0.25, 0.3) is 0 Å². The summed E-state index contributed by atoms with van der Waals surface area (Å²) >= 11 is 0. The molecule has 0 aromatic carbocycles. The van der Waals surface area contributed by atoms with E-state index in [-0.39, 0.29) is 5.75 Å². The summed E-state index contributed by atoms with van der Waals surface area (Å²) in [6.07, 6.45) is 6.83. The molecule has 0 aromatic rings. The first-order valence-corrected chi connectivity index (χ1v) is 8.55. The Morgan fingerprint density at radius 2 is 1.89 bits per heavy atom. The van der Waals surface area contributed by atoms with E-state index in [1.807, 2.05) is 0 Å². The van der Waals surface area contributed by atoms with Crippen molar-refractivity contribution >= 4 is 10.0 Å². The molecule has 1 aliphatic heterocycles. The molecular formula is C13H24N2O2S. The zero-order valence-electron chi connectivity index (χ0n) is 11.0. The van der Waals surface area contributed by atoms with Crippen LogP contribution in [0.4, 0.5) is 0 Å². The van der Waals surface area contributed by atoms with Gasteiger partial charge in [0.1, 0.15) is 0 Å². The SMILES string of the molecule is C=CCCS(=O)(=O)N1CCC(NCC2CC2)CC1. The van der Waals surface area contributed by atoms with Gasteiger partial charge in [-0.15, -0.1) is 6.58 Å². The minimum atomic E-state index is -3.05. The highest BCUT2D eigenvalue weighted by molar-refractivity contribution is 7.89. The molecule has 1 heterocycles. The number of nitrogens with zero attached hydrogens (tertiary/aromatic N) is 1. The van der Waals surface area contributed by atoms with Crippen LogP contribution in [0.5, 0.6) is 0 Å². The first kappa shape index (κ1) is 14.0. The zero-order valence-corrected chi connectivity index (χ0v) is 11.8. The Bertz CT molecular complexity index is 368. The van der Waals surface area contributed by atoms with Crippen LogP contribution >= 0.6 is 0 Å².